The van der Waals surface area contributed by atoms with E-state index in [4.69, 9.17) is 0 Å². The van der Waals surface area contributed by atoms with Crippen molar-refractivity contribution in [2.45, 2.75) is 13.8 Å². The normalized spacial score (nSPS) is 9.25. The molecule has 0 spiro atoms. The van der Waals surface area contributed by atoms with E-state index in [1.807, 2.05) is 26.0 Å². The molecule has 0 aromatic heterocycles. The van der Waals surface area contributed by atoms with E-state index in [1.165, 1.54) is 5.57 Å². The number of hydrogen-bond acceptors (Lipinski definition) is 1. The third-order valence-electron chi connectivity index (χ3n) is 0.621. The molecule has 0 heterocycles. The molecule has 0 aliphatic carbocycles. The summed E-state index contributed by atoms with van der Waals surface area (Å²) in [4.78, 5) is 3.53. The molecule has 0 fully saturated rings. The summed E-state index contributed by atoms with van der Waals surface area (Å²) in [6.45, 7) is 7.36. The van der Waals surface area contributed by atoms with Gasteiger partial charge in [0, 0.05) is 6.20 Å². The standard InChI is InChI=1S/C7H11N/c1-7(2)5-4-6-8-3/h4-6H,3H2,1-2H3. The van der Waals surface area contributed by atoms with E-state index in [0.717, 1.165) is 0 Å². The zero-order chi connectivity index (χ0) is 6.41. The van der Waals surface area contributed by atoms with Crippen molar-refractivity contribution in [2.24, 2.45) is 4.99 Å². The van der Waals surface area contributed by atoms with Gasteiger partial charge in [0.1, 0.15) is 0 Å². The summed E-state index contributed by atoms with van der Waals surface area (Å²) in [5.74, 6) is 0. The Morgan fingerprint density at radius 2 is 2.12 bits per heavy atom. The average molecular weight is 109 g/mol. The summed E-state index contributed by atoms with van der Waals surface area (Å²) in [6.07, 6.45) is 5.50. The minimum atomic E-state index is 1.27. The second-order valence-electron chi connectivity index (χ2n) is 1.77. The highest BCUT2D eigenvalue weighted by Gasteiger charge is 1.66. The molecular formula is C7H11N. The highest BCUT2D eigenvalue weighted by Crippen LogP contribution is 1.87. The van der Waals surface area contributed by atoms with Crippen LogP contribution in [0.25, 0.3) is 0 Å². The minimum Gasteiger partial charge on any atom is -0.273 e. The lowest BCUT2D eigenvalue weighted by atomic mass is 10.3. The number of allylic oxidation sites excluding steroid dienone is 3. The summed E-state index contributed by atoms with van der Waals surface area (Å²) in [6, 6.07) is 0. The van der Waals surface area contributed by atoms with Gasteiger partial charge in [-0.2, -0.15) is 0 Å². The van der Waals surface area contributed by atoms with Gasteiger partial charge in [-0.1, -0.05) is 11.6 Å². The molecule has 0 aliphatic heterocycles. The molecule has 0 aromatic carbocycles. The van der Waals surface area contributed by atoms with Gasteiger partial charge in [0.15, 0.2) is 0 Å². The first-order chi connectivity index (χ1) is 3.77. The Balaban J connectivity index is 3.57. The van der Waals surface area contributed by atoms with Crippen LogP contribution in [0.5, 0.6) is 0 Å². The molecule has 1 nitrogen and oxygen atoms in total. The van der Waals surface area contributed by atoms with Crippen LogP contribution in [0.15, 0.2) is 28.9 Å². The second kappa shape index (κ2) is 4.31. The van der Waals surface area contributed by atoms with Crippen molar-refractivity contribution >= 4 is 6.72 Å². The third kappa shape index (κ3) is 5.15. The lowest BCUT2D eigenvalue weighted by molar-refractivity contribution is 1.39. The van der Waals surface area contributed by atoms with Gasteiger partial charge in [0.2, 0.25) is 0 Å². The number of hydrogen-bond donors (Lipinski definition) is 0. The highest BCUT2D eigenvalue weighted by molar-refractivity contribution is 5.26. The van der Waals surface area contributed by atoms with Gasteiger partial charge in [-0.15, -0.1) is 0 Å². The van der Waals surface area contributed by atoms with Crippen molar-refractivity contribution in [3.63, 3.8) is 0 Å². The number of aliphatic imine (C=N–C) groups is 1. The van der Waals surface area contributed by atoms with Crippen LogP contribution in [0, 0.1) is 0 Å². The lowest BCUT2D eigenvalue weighted by Gasteiger charge is -1.78. The zero-order valence-corrected chi connectivity index (χ0v) is 5.39. The molecule has 0 unspecified atom stereocenters. The monoisotopic (exact) mass is 109 g/mol. The number of rotatable bonds is 2. The maximum Gasteiger partial charge on any atom is 0.0260 e. The zero-order valence-electron chi connectivity index (χ0n) is 5.39. The lowest BCUT2D eigenvalue weighted by Crippen LogP contribution is -1.57. The predicted octanol–water partition coefficient (Wildman–Crippen LogP) is 2.17. The Kier molecular flexibility index (Phi) is 3.85. The molecule has 44 valence electrons. The smallest absolute Gasteiger partial charge is 0.0260 e. The minimum absolute atomic E-state index is 1.27. The molecule has 0 atom stereocenters. The van der Waals surface area contributed by atoms with Crippen LogP contribution in [0.4, 0.5) is 0 Å². The van der Waals surface area contributed by atoms with Crippen molar-refractivity contribution < 1.29 is 0 Å². The van der Waals surface area contributed by atoms with Crippen LogP contribution < -0.4 is 0 Å². The molecule has 0 aliphatic rings. The van der Waals surface area contributed by atoms with Gasteiger partial charge in [-0.3, -0.25) is 4.99 Å². The van der Waals surface area contributed by atoms with Gasteiger partial charge >= 0.3 is 0 Å². The van der Waals surface area contributed by atoms with E-state index in [9.17, 15) is 0 Å². The third-order valence-corrected chi connectivity index (χ3v) is 0.621. The fourth-order valence-corrected chi connectivity index (χ4v) is 0.296. The van der Waals surface area contributed by atoms with E-state index >= 15 is 0 Å². The topological polar surface area (TPSA) is 12.4 Å². The van der Waals surface area contributed by atoms with Crippen LogP contribution in [0.1, 0.15) is 13.8 Å². The van der Waals surface area contributed by atoms with Crippen molar-refractivity contribution in [3.05, 3.63) is 23.9 Å². The van der Waals surface area contributed by atoms with E-state index in [2.05, 4.69) is 11.7 Å². The Morgan fingerprint density at radius 3 is 2.50 bits per heavy atom. The van der Waals surface area contributed by atoms with Crippen molar-refractivity contribution in [2.75, 3.05) is 0 Å². The van der Waals surface area contributed by atoms with E-state index in [0.29, 0.717) is 0 Å². The fourth-order valence-electron chi connectivity index (χ4n) is 0.296. The van der Waals surface area contributed by atoms with Crippen LogP contribution in [-0.2, 0) is 0 Å². The Bertz CT molecular complexity index is 116. The van der Waals surface area contributed by atoms with Crippen molar-refractivity contribution in [1.29, 1.82) is 0 Å². The average Bonchev–Trinajstić information content (AvgIpc) is 1.66. The van der Waals surface area contributed by atoms with E-state index in [1.54, 1.807) is 6.20 Å². The Labute approximate surface area is 50.4 Å². The SMILES string of the molecule is C=NC=CC=C(C)C. The Hall–Kier alpha value is -0.850. The maximum absolute atomic E-state index is 3.53. The van der Waals surface area contributed by atoms with Gasteiger partial charge in [0.25, 0.3) is 0 Å². The van der Waals surface area contributed by atoms with E-state index in [-0.39, 0.29) is 0 Å². The van der Waals surface area contributed by atoms with Gasteiger partial charge in [-0.25, -0.2) is 0 Å². The van der Waals surface area contributed by atoms with Crippen LogP contribution in [0.2, 0.25) is 0 Å². The Morgan fingerprint density at radius 1 is 1.50 bits per heavy atom. The van der Waals surface area contributed by atoms with Crippen molar-refractivity contribution in [3.8, 4) is 0 Å². The quantitative estimate of drug-likeness (QED) is 0.380. The van der Waals surface area contributed by atoms with Crippen LogP contribution in [-0.4, -0.2) is 6.72 Å². The van der Waals surface area contributed by atoms with Gasteiger partial charge in [-0.05, 0) is 26.6 Å². The summed E-state index contributed by atoms with van der Waals surface area (Å²) in [5, 5.41) is 0. The second-order valence-corrected chi connectivity index (χ2v) is 1.77. The molecule has 1 heteroatoms. The first-order valence-corrected chi connectivity index (χ1v) is 2.53. The molecule has 0 radical (unpaired) electrons. The highest BCUT2D eigenvalue weighted by atomic mass is 14.6. The van der Waals surface area contributed by atoms with E-state index < -0.39 is 0 Å². The molecule has 8 heavy (non-hydrogen) atoms. The van der Waals surface area contributed by atoms with Crippen molar-refractivity contribution in [1.82, 2.24) is 0 Å². The molecule has 0 saturated carbocycles. The molecule has 0 rings (SSSR count). The number of nitrogens with zero attached hydrogens (tertiary/aromatic N) is 1. The first-order valence-electron chi connectivity index (χ1n) is 2.53. The molecule has 0 amide bonds. The van der Waals surface area contributed by atoms with Crippen LogP contribution in [0.3, 0.4) is 0 Å². The summed E-state index contributed by atoms with van der Waals surface area (Å²) in [7, 11) is 0. The maximum atomic E-state index is 3.53. The van der Waals surface area contributed by atoms with Gasteiger partial charge in [0.05, 0.1) is 0 Å². The fraction of sp³-hybridized carbons (Fsp3) is 0.286. The summed E-state index contributed by atoms with van der Waals surface area (Å²) >= 11 is 0. The molecule has 0 bridgehead atoms. The summed E-state index contributed by atoms with van der Waals surface area (Å²) < 4.78 is 0. The first kappa shape index (κ1) is 7.15. The van der Waals surface area contributed by atoms with Gasteiger partial charge < -0.3 is 0 Å². The van der Waals surface area contributed by atoms with Crippen LogP contribution >= 0.6 is 0 Å². The predicted molar refractivity (Wildman–Crippen MR) is 38.1 cm³/mol. The largest absolute Gasteiger partial charge is 0.273 e. The summed E-state index contributed by atoms with van der Waals surface area (Å²) in [5.41, 5.74) is 1.27. The molecule has 0 saturated heterocycles. The molecule has 0 N–H and O–H groups in total. The molecular weight excluding hydrogens is 98.1 g/mol. The molecule has 0 aromatic rings.